The molecule has 1 aliphatic heterocycles. The second-order valence-electron chi connectivity index (χ2n) is 4.67. The highest BCUT2D eigenvalue weighted by Gasteiger charge is 2.40. The zero-order valence-corrected chi connectivity index (χ0v) is 12.9. The minimum Gasteiger partial charge on any atom is -0.480 e. The summed E-state index contributed by atoms with van der Waals surface area (Å²) in [5.41, 5.74) is 5.89. The second kappa shape index (κ2) is 5.28. The normalized spacial score (nSPS) is 24.4. The molecule has 1 aromatic rings. The fraction of sp³-hybridized carbons (Fsp3) is 0.417. The van der Waals surface area contributed by atoms with Crippen molar-refractivity contribution in [3.8, 4) is 0 Å². The van der Waals surface area contributed by atoms with Crippen LogP contribution in [0.2, 0.25) is 0 Å². The number of nitrogens with zero attached hydrogens (tertiary/aromatic N) is 1. The quantitative estimate of drug-likeness (QED) is 0.847. The lowest BCUT2D eigenvalue weighted by molar-refractivity contribution is -0.142. The fourth-order valence-electron chi connectivity index (χ4n) is 2.12. The number of halogens is 2. The van der Waals surface area contributed by atoms with E-state index in [4.69, 9.17) is 10.8 Å². The van der Waals surface area contributed by atoms with Crippen LogP contribution in [-0.2, 0) is 11.3 Å². The molecule has 6 heteroatoms. The van der Waals surface area contributed by atoms with Crippen LogP contribution in [0.25, 0.3) is 0 Å². The maximum absolute atomic E-state index is 11.1. The molecule has 0 bridgehead atoms. The van der Waals surface area contributed by atoms with Gasteiger partial charge in [-0.15, -0.1) is 0 Å². The first-order valence-corrected chi connectivity index (χ1v) is 7.18. The number of hydrogen-bond donors (Lipinski definition) is 2. The van der Waals surface area contributed by atoms with Crippen LogP contribution in [0.1, 0.15) is 12.0 Å². The summed E-state index contributed by atoms with van der Waals surface area (Å²) in [6.45, 7) is 1.84. The molecule has 4 nitrogen and oxygen atoms in total. The van der Waals surface area contributed by atoms with Gasteiger partial charge in [0.1, 0.15) is 5.54 Å². The van der Waals surface area contributed by atoms with Crippen LogP contribution in [0, 0.1) is 0 Å². The van der Waals surface area contributed by atoms with Gasteiger partial charge >= 0.3 is 5.97 Å². The minimum absolute atomic E-state index is 0.399. The van der Waals surface area contributed by atoms with Gasteiger partial charge in [0, 0.05) is 28.6 Å². The fourth-order valence-corrected chi connectivity index (χ4v) is 2.79. The lowest BCUT2D eigenvalue weighted by atomic mass is 10.0. The van der Waals surface area contributed by atoms with Gasteiger partial charge in [-0.3, -0.25) is 9.69 Å². The van der Waals surface area contributed by atoms with E-state index in [2.05, 4.69) is 36.8 Å². The molecule has 0 saturated carbocycles. The maximum Gasteiger partial charge on any atom is 0.325 e. The van der Waals surface area contributed by atoms with Gasteiger partial charge < -0.3 is 10.8 Å². The molecule has 1 fully saturated rings. The van der Waals surface area contributed by atoms with Crippen LogP contribution in [0.15, 0.2) is 27.1 Å². The summed E-state index contributed by atoms with van der Waals surface area (Å²) in [6.07, 6.45) is 0.500. The first-order chi connectivity index (χ1) is 8.40. The van der Waals surface area contributed by atoms with Crippen molar-refractivity contribution in [1.82, 2.24) is 4.90 Å². The van der Waals surface area contributed by atoms with E-state index in [1.54, 1.807) is 0 Å². The summed E-state index contributed by atoms with van der Waals surface area (Å²) in [5.74, 6) is -0.915. The Balaban J connectivity index is 2.03. The van der Waals surface area contributed by atoms with Crippen molar-refractivity contribution in [2.45, 2.75) is 18.5 Å². The lowest BCUT2D eigenvalue weighted by Crippen LogP contribution is -2.50. The highest BCUT2D eigenvalue weighted by molar-refractivity contribution is 9.13. The van der Waals surface area contributed by atoms with Gasteiger partial charge in [-0.25, -0.2) is 0 Å². The molecule has 1 heterocycles. The van der Waals surface area contributed by atoms with Crippen LogP contribution >= 0.6 is 31.9 Å². The van der Waals surface area contributed by atoms with Crippen molar-refractivity contribution in [2.24, 2.45) is 5.73 Å². The zero-order chi connectivity index (χ0) is 13.3. The molecular weight excluding hydrogens is 364 g/mol. The van der Waals surface area contributed by atoms with E-state index >= 15 is 0 Å². The zero-order valence-electron chi connectivity index (χ0n) is 9.70. The third kappa shape index (κ3) is 2.93. The van der Waals surface area contributed by atoms with E-state index in [-0.39, 0.29) is 0 Å². The smallest absolute Gasteiger partial charge is 0.325 e. The molecule has 1 aliphatic rings. The molecule has 1 aromatic carbocycles. The molecule has 1 unspecified atom stereocenters. The Morgan fingerprint density at radius 2 is 2.17 bits per heavy atom. The predicted octanol–water partition coefficient (Wildman–Crippen LogP) is 2.20. The standard InChI is InChI=1S/C12H14Br2N2O2/c13-9-2-1-8(5-10(9)14)6-16-4-3-12(15,7-16)11(17)18/h1-2,5H,3-4,6-7,15H2,(H,17,18). The van der Waals surface area contributed by atoms with Crippen LogP contribution in [0.3, 0.4) is 0 Å². The average Bonchev–Trinajstić information content (AvgIpc) is 2.67. The SMILES string of the molecule is NC1(C(=O)O)CCN(Cc2ccc(Br)c(Br)c2)C1. The Labute approximate surface area is 122 Å². The van der Waals surface area contributed by atoms with Crippen LogP contribution in [0.5, 0.6) is 0 Å². The summed E-state index contributed by atoms with van der Waals surface area (Å²) in [7, 11) is 0. The van der Waals surface area contributed by atoms with Crippen molar-refractivity contribution in [1.29, 1.82) is 0 Å². The third-order valence-electron chi connectivity index (χ3n) is 3.20. The molecule has 1 saturated heterocycles. The van der Waals surface area contributed by atoms with Crippen molar-refractivity contribution >= 4 is 37.8 Å². The van der Waals surface area contributed by atoms with Crippen LogP contribution in [-0.4, -0.2) is 34.6 Å². The number of carboxylic acid groups (broad SMARTS) is 1. The van der Waals surface area contributed by atoms with Crippen molar-refractivity contribution < 1.29 is 9.90 Å². The Kier molecular flexibility index (Phi) is 4.11. The Bertz CT molecular complexity index is 481. The number of carboxylic acids is 1. The molecule has 18 heavy (non-hydrogen) atoms. The van der Waals surface area contributed by atoms with E-state index in [0.717, 1.165) is 27.6 Å². The second-order valence-corrected chi connectivity index (χ2v) is 6.38. The Hall–Kier alpha value is -0.430. The van der Waals surface area contributed by atoms with E-state index in [1.807, 2.05) is 18.2 Å². The average molecular weight is 378 g/mol. The number of rotatable bonds is 3. The van der Waals surface area contributed by atoms with E-state index < -0.39 is 11.5 Å². The van der Waals surface area contributed by atoms with E-state index in [9.17, 15) is 4.79 Å². The Morgan fingerprint density at radius 1 is 1.44 bits per heavy atom. The highest BCUT2D eigenvalue weighted by atomic mass is 79.9. The molecule has 98 valence electrons. The maximum atomic E-state index is 11.1. The van der Waals surface area contributed by atoms with Gasteiger partial charge in [-0.2, -0.15) is 0 Å². The van der Waals surface area contributed by atoms with Gasteiger partial charge in [0.2, 0.25) is 0 Å². The van der Waals surface area contributed by atoms with Gasteiger partial charge in [-0.1, -0.05) is 6.07 Å². The first kappa shape index (κ1) is 14.0. The summed E-state index contributed by atoms with van der Waals surface area (Å²) in [5, 5.41) is 9.07. The van der Waals surface area contributed by atoms with E-state index in [0.29, 0.717) is 13.0 Å². The lowest BCUT2D eigenvalue weighted by Gasteiger charge is -2.20. The molecule has 1 atom stereocenters. The van der Waals surface area contributed by atoms with Crippen molar-refractivity contribution in [2.75, 3.05) is 13.1 Å². The number of benzene rings is 1. The topological polar surface area (TPSA) is 66.6 Å². The summed E-state index contributed by atoms with van der Waals surface area (Å²) < 4.78 is 2.00. The number of hydrogen-bond acceptors (Lipinski definition) is 3. The van der Waals surface area contributed by atoms with Crippen molar-refractivity contribution in [3.05, 3.63) is 32.7 Å². The molecule has 0 amide bonds. The monoisotopic (exact) mass is 376 g/mol. The Morgan fingerprint density at radius 3 is 2.72 bits per heavy atom. The molecular formula is C12H14Br2N2O2. The molecule has 2 rings (SSSR count). The van der Waals surface area contributed by atoms with Gasteiger partial charge in [0.25, 0.3) is 0 Å². The molecule has 0 aromatic heterocycles. The largest absolute Gasteiger partial charge is 0.480 e. The highest BCUT2D eigenvalue weighted by Crippen LogP contribution is 2.26. The summed E-state index contributed by atoms with van der Waals surface area (Å²) in [4.78, 5) is 13.1. The molecule has 0 radical (unpaired) electrons. The number of carbonyl (C=O) groups is 1. The van der Waals surface area contributed by atoms with E-state index in [1.165, 1.54) is 0 Å². The van der Waals surface area contributed by atoms with Gasteiger partial charge in [0.15, 0.2) is 0 Å². The van der Waals surface area contributed by atoms with Gasteiger partial charge in [0.05, 0.1) is 0 Å². The molecule has 0 spiro atoms. The summed E-state index contributed by atoms with van der Waals surface area (Å²) >= 11 is 6.88. The minimum atomic E-state index is -1.09. The van der Waals surface area contributed by atoms with Crippen LogP contribution in [0.4, 0.5) is 0 Å². The number of aliphatic carboxylic acids is 1. The number of likely N-dealkylation sites (tertiary alicyclic amines) is 1. The first-order valence-electron chi connectivity index (χ1n) is 5.59. The van der Waals surface area contributed by atoms with Gasteiger partial charge in [-0.05, 0) is 56.0 Å². The summed E-state index contributed by atoms with van der Waals surface area (Å²) in [6, 6.07) is 6.02. The number of nitrogens with two attached hydrogens (primary N) is 1. The third-order valence-corrected chi connectivity index (χ3v) is 5.08. The predicted molar refractivity (Wildman–Crippen MR) is 76.3 cm³/mol. The molecule has 3 N–H and O–H groups in total. The van der Waals surface area contributed by atoms with Crippen molar-refractivity contribution in [3.63, 3.8) is 0 Å². The molecule has 0 aliphatic carbocycles. The van der Waals surface area contributed by atoms with Crippen LogP contribution < -0.4 is 5.73 Å².